The Morgan fingerprint density at radius 1 is 1.30 bits per heavy atom. The normalized spacial score (nSPS) is 11.4. The molecule has 5 nitrogen and oxygen atoms in total. The molecule has 0 aliphatic carbocycles. The highest BCUT2D eigenvalue weighted by atomic mass is 19.4. The maximum Gasteiger partial charge on any atom is 0.419 e. The Labute approximate surface area is 127 Å². The molecule has 2 rings (SSSR count). The summed E-state index contributed by atoms with van der Waals surface area (Å²) in [7, 11) is 1.04. The Morgan fingerprint density at radius 2 is 2.00 bits per heavy atom. The van der Waals surface area contributed by atoms with Crippen molar-refractivity contribution in [1.82, 2.24) is 5.16 Å². The van der Waals surface area contributed by atoms with Crippen LogP contribution in [0.5, 0.6) is 5.75 Å². The maximum atomic E-state index is 13.7. The molecule has 0 aliphatic heterocycles. The average molecular weight is 333 g/mol. The van der Waals surface area contributed by atoms with E-state index in [-0.39, 0.29) is 23.6 Å². The molecule has 0 atom stereocenters. The lowest BCUT2D eigenvalue weighted by molar-refractivity contribution is -0.140. The predicted molar refractivity (Wildman–Crippen MR) is 69.4 cm³/mol. The summed E-state index contributed by atoms with van der Waals surface area (Å²) in [5.74, 6) is -3.22. The molecule has 2 aromatic rings. The van der Waals surface area contributed by atoms with Crippen LogP contribution in [0.15, 0.2) is 22.7 Å². The molecule has 0 N–H and O–H groups in total. The van der Waals surface area contributed by atoms with Gasteiger partial charge in [-0.3, -0.25) is 0 Å². The van der Waals surface area contributed by atoms with E-state index in [0.29, 0.717) is 6.07 Å². The van der Waals surface area contributed by atoms with Crippen LogP contribution in [0.3, 0.4) is 0 Å². The summed E-state index contributed by atoms with van der Waals surface area (Å²) in [6.45, 7) is 1.67. The molecule has 0 bridgehead atoms. The highest BCUT2D eigenvalue weighted by molar-refractivity contribution is 5.87. The smallest absolute Gasteiger partial charge is 0.419 e. The Hall–Kier alpha value is -2.58. The van der Waals surface area contributed by atoms with Gasteiger partial charge >= 0.3 is 12.1 Å². The summed E-state index contributed by atoms with van der Waals surface area (Å²) in [6.07, 6.45) is -4.92. The van der Waals surface area contributed by atoms with Crippen molar-refractivity contribution >= 4 is 5.97 Å². The molecule has 0 aliphatic rings. The van der Waals surface area contributed by atoms with Gasteiger partial charge in [-0.05, 0) is 19.1 Å². The summed E-state index contributed by atoms with van der Waals surface area (Å²) in [6, 6.07) is 2.69. The van der Waals surface area contributed by atoms with Gasteiger partial charge in [-0.2, -0.15) is 13.2 Å². The first kappa shape index (κ1) is 16.8. The number of carbonyl (C=O) groups is 1. The van der Waals surface area contributed by atoms with Crippen molar-refractivity contribution in [2.45, 2.75) is 13.1 Å². The van der Waals surface area contributed by atoms with Gasteiger partial charge in [0, 0.05) is 11.6 Å². The first-order valence-electron chi connectivity index (χ1n) is 6.36. The number of methoxy groups -OCH3 is 1. The number of rotatable bonds is 4. The van der Waals surface area contributed by atoms with Crippen LogP contribution in [0.25, 0.3) is 11.3 Å². The molecule has 9 heteroatoms. The molecule has 0 spiro atoms. The van der Waals surface area contributed by atoms with E-state index in [2.05, 4.69) is 14.6 Å². The van der Waals surface area contributed by atoms with E-state index in [1.54, 1.807) is 6.92 Å². The van der Waals surface area contributed by atoms with Crippen LogP contribution in [0.1, 0.15) is 23.0 Å². The number of nitrogens with zero attached hydrogens (tertiary/aromatic N) is 1. The highest BCUT2D eigenvalue weighted by Gasteiger charge is 2.36. The van der Waals surface area contributed by atoms with Gasteiger partial charge in [0.05, 0.1) is 19.3 Å². The van der Waals surface area contributed by atoms with Crippen molar-refractivity contribution in [2.75, 3.05) is 13.7 Å². The third-order valence-corrected chi connectivity index (χ3v) is 2.85. The number of hydrogen-bond donors (Lipinski definition) is 0. The van der Waals surface area contributed by atoms with Gasteiger partial charge in [-0.1, -0.05) is 5.16 Å². The Kier molecular flexibility index (Phi) is 4.57. The number of benzene rings is 1. The topological polar surface area (TPSA) is 61.6 Å². The molecule has 0 fully saturated rings. The summed E-state index contributed by atoms with van der Waals surface area (Å²) in [5.41, 5.74) is -1.71. The van der Waals surface area contributed by atoms with Crippen LogP contribution < -0.4 is 4.74 Å². The minimum Gasteiger partial charge on any atom is -0.494 e. The van der Waals surface area contributed by atoms with Crippen LogP contribution in [-0.2, 0) is 10.9 Å². The third kappa shape index (κ3) is 3.43. The van der Waals surface area contributed by atoms with Crippen molar-refractivity contribution in [3.8, 4) is 17.0 Å². The summed E-state index contributed by atoms with van der Waals surface area (Å²) >= 11 is 0. The van der Waals surface area contributed by atoms with E-state index in [4.69, 9.17) is 4.52 Å². The first-order chi connectivity index (χ1) is 10.8. The van der Waals surface area contributed by atoms with Gasteiger partial charge in [-0.25, -0.2) is 9.18 Å². The molecule has 124 valence electrons. The molecule has 0 saturated heterocycles. The van der Waals surface area contributed by atoms with Crippen LogP contribution in [0.2, 0.25) is 0 Å². The van der Waals surface area contributed by atoms with Crippen LogP contribution in [0.4, 0.5) is 17.6 Å². The van der Waals surface area contributed by atoms with Crippen molar-refractivity contribution in [2.24, 2.45) is 0 Å². The maximum absolute atomic E-state index is 13.7. The molecular formula is C14H11F4NO4. The largest absolute Gasteiger partial charge is 0.494 e. The second kappa shape index (κ2) is 6.27. The molecule has 0 unspecified atom stereocenters. The van der Waals surface area contributed by atoms with E-state index in [1.165, 1.54) is 0 Å². The van der Waals surface area contributed by atoms with Gasteiger partial charge in [0.1, 0.15) is 5.69 Å². The number of halogens is 4. The van der Waals surface area contributed by atoms with E-state index in [1.807, 2.05) is 0 Å². The first-order valence-corrected chi connectivity index (χ1v) is 6.36. The van der Waals surface area contributed by atoms with Gasteiger partial charge in [0.15, 0.2) is 11.6 Å². The van der Waals surface area contributed by atoms with Crippen LogP contribution >= 0.6 is 0 Å². The fourth-order valence-electron chi connectivity index (χ4n) is 1.81. The molecular weight excluding hydrogens is 322 g/mol. The fourth-order valence-corrected chi connectivity index (χ4v) is 1.81. The van der Waals surface area contributed by atoms with E-state index < -0.39 is 29.3 Å². The van der Waals surface area contributed by atoms with Crippen LogP contribution in [0, 0.1) is 5.82 Å². The molecule has 0 amide bonds. The SMILES string of the molecule is CCOC(=O)c1cc(-c2cc(OC)c(F)c(C(F)(F)F)c2)no1. The molecule has 1 aromatic carbocycles. The lowest BCUT2D eigenvalue weighted by Gasteiger charge is -2.12. The van der Waals surface area contributed by atoms with Crippen molar-refractivity contribution < 1.29 is 36.4 Å². The Bertz CT molecular complexity index is 724. The monoisotopic (exact) mass is 333 g/mol. The van der Waals surface area contributed by atoms with E-state index in [9.17, 15) is 22.4 Å². The van der Waals surface area contributed by atoms with Crippen molar-refractivity contribution in [1.29, 1.82) is 0 Å². The summed E-state index contributed by atoms with van der Waals surface area (Å²) in [4.78, 5) is 11.5. The molecule has 1 aromatic heterocycles. The molecule has 23 heavy (non-hydrogen) atoms. The molecule has 0 radical (unpaired) electrons. The number of alkyl halides is 3. The predicted octanol–water partition coefficient (Wildman–Crippen LogP) is 3.68. The minimum atomic E-state index is -4.92. The Balaban J connectivity index is 2.50. The molecule has 1 heterocycles. The number of ether oxygens (including phenoxy) is 2. The van der Waals surface area contributed by atoms with E-state index in [0.717, 1.165) is 19.2 Å². The summed E-state index contributed by atoms with van der Waals surface area (Å²) < 4.78 is 66.4. The Morgan fingerprint density at radius 3 is 2.57 bits per heavy atom. The van der Waals surface area contributed by atoms with Crippen LogP contribution in [-0.4, -0.2) is 24.8 Å². The second-order valence-corrected chi connectivity index (χ2v) is 4.33. The van der Waals surface area contributed by atoms with Gasteiger partial charge in [0.2, 0.25) is 5.76 Å². The molecule has 0 saturated carbocycles. The number of aromatic nitrogens is 1. The van der Waals surface area contributed by atoms with Gasteiger partial charge < -0.3 is 14.0 Å². The lowest BCUT2D eigenvalue weighted by Crippen LogP contribution is -2.09. The minimum absolute atomic E-state index is 0.0862. The zero-order valence-corrected chi connectivity index (χ0v) is 12.0. The van der Waals surface area contributed by atoms with Gasteiger partial charge in [0.25, 0.3) is 0 Å². The third-order valence-electron chi connectivity index (χ3n) is 2.85. The highest BCUT2D eigenvalue weighted by Crippen LogP contribution is 2.38. The lowest BCUT2D eigenvalue weighted by atomic mass is 10.1. The second-order valence-electron chi connectivity index (χ2n) is 4.33. The standard InChI is InChI=1S/C14H11F4NO4/c1-3-22-13(20)11-6-9(19-23-11)7-4-8(14(16,17)18)12(15)10(5-7)21-2/h4-6H,3H2,1-2H3. The zero-order chi connectivity index (χ0) is 17.2. The van der Waals surface area contributed by atoms with Crippen molar-refractivity contribution in [3.05, 3.63) is 35.3 Å². The number of hydrogen-bond acceptors (Lipinski definition) is 5. The summed E-state index contributed by atoms with van der Waals surface area (Å²) in [5, 5.41) is 3.50. The number of carbonyl (C=O) groups excluding carboxylic acids is 1. The fraction of sp³-hybridized carbons (Fsp3) is 0.286. The number of esters is 1. The zero-order valence-electron chi connectivity index (χ0n) is 12.0. The van der Waals surface area contributed by atoms with Crippen molar-refractivity contribution in [3.63, 3.8) is 0 Å². The van der Waals surface area contributed by atoms with Gasteiger partial charge in [-0.15, -0.1) is 0 Å². The van der Waals surface area contributed by atoms with E-state index >= 15 is 0 Å². The quantitative estimate of drug-likeness (QED) is 0.631. The average Bonchev–Trinajstić information content (AvgIpc) is 2.96.